The number of carboxylic acid groups (broad SMARTS) is 1. The highest BCUT2D eigenvalue weighted by Gasteiger charge is 2.19. The van der Waals surface area contributed by atoms with Gasteiger partial charge in [-0.1, -0.05) is 0 Å². The Bertz CT molecular complexity index is 184. The summed E-state index contributed by atoms with van der Waals surface area (Å²) in [5, 5.41) is 8.69. The van der Waals surface area contributed by atoms with Gasteiger partial charge in [0.05, 0.1) is 0 Å². The molecule has 1 heterocycles. The zero-order valence-corrected chi connectivity index (χ0v) is 8.36. The smallest absolute Gasteiger partial charge is 0.407 e. The molecule has 0 aromatic carbocycles. The number of carbonyl (C=O) groups is 1. The van der Waals surface area contributed by atoms with Crippen LogP contribution in [0.4, 0.5) is 4.79 Å². The van der Waals surface area contributed by atoms with Crippen molar-refractivity contribution in [2.24, 2.45) is 5.92 Å². The highest BCUT2D eigenvalue weighted by atomic mass is 16.4. The maximum absolute atomic E-state index is 10.6. The molecule has 0 aliphatic carbocycles. The van der Waals surface area contributed by atoms with Gasteiger partial charge < -0.3 is 14.9 Å². The molecule has 1 rings (SSSR count). The lowest BCUT2D eigenvalue weighted by molar-refractivity contribution is 0.131. The first-order valence-electron chi connectivity index (χ1n) is 4.72. The molecule has 0 spiro atoms. The lowest BCUT2D eigenvalue weighted by Gasteiger charge is -2.31. The van der Waals surface area contributed by atoms with E-state index in [1.165, 1.54) is 11.3 Å². The van der Waals surface area contributed by atoms with Crippen molar-refractivity contribution in [1.29, 1.82) is 0 Å². The fraction of sp³-hybridized carbons (Fsp3) is 0.889. The highest BCUT2D eigenvalue weighted by Crippen LogP contribution is 2.15. The molecule has 0 radical (unpaired) electrons. The van der Waals surface area contributed by atoms with Gasteiger partial charge >= 0.3 is 6.09 Å². The maximum Gasteiger partial charge on any atom is 0.407 e. The SMILES string of the molecule is CN1CCCC(CN(C)C(=O)O)C1. The van der Waals surface area contributed by atoms with E-state index in [0.717, 1.165) is 19.5 Å². The Hall–Kier alpha value is -0.770. The molecule has 13 heavy (non-hydrogen) atoms. The molecule has 1 aliphatic heterocycles. The molecular formula is C9H18N2O2. The Morgan fingerprint density at radius 1 is 1.69 bits per heavy atom. The van der Waals surface area contributed by atoms with E-state index in [4.69, 9.17) is 5.11 Å². The van der Waals surface area contributed by atoms with Crippen molar-refractivity contribution in [2.75, 3.05) is 33.7 Å². The van der Waals surface area contributed by atoms with E-state index < -0.39 is 6.09 Å². The third-order valence-electron chi connectivity index (χ3n) is 2.58. The van der Waals surface area contributed by atoms with Crippen molar-refractivity contribution in [3.05, 3.63) is 0 Å². The molecule has 1 fully saturated rings. The molecule has 0 aromatic heterocycles. The van der Waals surface area contributed by atoms with Gasteiger partial charge in [-0.05, 0) is 32.4 Å². The summed E-state index contributed by atoms with van der Waals surface area (Å²) in [4.78, 5) is 14.2. The normalized spacial score (nSPS) is 24.3. The summed E-state index contributed by atoms with van der Waals surface area (Å²) in [6.45, 7) is 2.84. The molecule has 1 N–H and O–H groups in total. The van der Waals surface area contributed by atoms with Crippen LogP contribution in [-0.2, 0) is 0 Å². The van der Waals surface area contributed by atoms with Crippen LogP contribution in [0.25, 0.3) is 0 Å². The standard InChI is InChI=1S/C9H18N2O2/c1-10-5-3-4-8(6-10)7-11(2)9(12)13/h8H,3-7H2,1-2H3,(H,12,13). The van der Waals surface area contributed by atoms with Crippen molar-refractivity contribution >= 4 is 6.09 Å². The van der Waals surface area contributed by atoms with Gasteiger partial charge in [-0.15, -0.1) is 0 Å². The van der Waals surface area contributed by atoms with Gasteiger partial charge in [0, 0.05) is 20.1 Å². The summed E-state index contributed by atoms with van der Waals surface area (Å²) in [7, 11) is 3.73. The predicted molar refractivity (Wildman–Crippen MR) is 50.9 cm³/mol. The Labute approximate surface area is 79.1 Å². The minimum absolute atomic E-state index is 0.514. The van der Waals surface area contributed by atoms with E-state index in [0.29, 0.717) is 12.5 Å². The van der Waals surface area contributed by atoms with Gasteiger partial charge in [0.2, 0.25) is 0 Å². The lowest BCUT2D eigenvalue weighted by atomic mass is 9.98. The maximum atomic E-state index is 10.6. The molecule has 76 valence electrons. The fourth-order valence-electron chi connectivity index (χ4n) is 1.89. The molecule has 1 saturated heterocycles. The number of likely N-dealkylation sites (tertiary alicyclic amines) is 1. The van der Waals surface area contributed by atoms with Crippen molar-refractivity contribution in [3.8, 4) is 0 Å². The van der Waals surface area contributed by atoms with Crippen molar-refractivity contribution in [1.82, 2.24) is 9.80 Å². The molecule has 4 heteroatoms. The van der Waals surface area contributed by atoms with Crippen LogP contribution in [0.3, 0.4) is 0 Å². The highest BCUT2D eigenvalue weighted by molar-refractivity contribution is 5.64. The van der Waals surface area contributed by atoms with Crippen LogP contribution in [0.1, 0.15) is 12.8 Å². The van der Waals surface area contributed by atoms with E-state index in [2.05, 4.69) is 11.9 Å². The Morgan fingerprint density at radius 2 is 2.38 bits per heavy atom. The topological polar surface area (TPSA) is 43.8 Å². The second-order valence-corrected chi connectivity index (χ2v) is 3.93. The first kappa shape index (κ1) is 10.3. The molecule has 0 saturated carbocycles. The van der Waals surface area contributed by atoms with E-state index in [1.54, 1.807) is 7.05 Å². The summed E-state index contributed by atoms with van der Waals surface area (Å²) < 4.78 is 0. The van der Waals surface area contributed by atoms with Crippen LogP contribution < -0.4 is 0 Å². The molecule has 1 amide bonds. The Morgan fingerprint density at radius 3 is 2.92 bits per heavy atom. The Balaban J connectivity index is 2.31. The van der Waals surface area contributed by atoms with Gasteiger partial charge in [-0.25, -0.2) is 4.79 Å². The van der Waals surface area contributed by atoms with E-state index >= 15 is 0 Å². The third-order valence-corrected chi connectivity index (χ3v) is 2.58. The zero-order valence-electron chi connectivity index (χ0n) is 8.36. The van der Waals surface area contributed by atoms with Gasteiger partial charge in [0.1, 0.15) is 0 Å². The molecule has 0 aromatic rings. The minimum atomic E-state index is -0.826. The Kier molecular flexibility index (Phi) is 3.54. The van der Waals surface area contributed by atoms with Crippen LogP contribution >= 0.6 is 0 Å². The first-order valence-corrected chi connectivity index (χ1v) is 4.72. The van der Waals surface area contributed by atoms with Crippen molar-refractivity contribution < 1.29 is 9.90 Å². The summed E-state index contributed by atoms with van der Waals surface area (Å²) in [5.74, 6) is 0.514. The second kappa shape index (κ2) is 4.46. The third kappa shape index (κ3) is 3.22. The molecular weight excluding hydrogens is 168 g/mol. The average Bonchev–Trinajstić information content (AvgIpc) is 2.04. The quantitative estimate of drug-likeness (QED) is 0.698. The number of piperidine rings is 1. The number of hydrogen-bond donors (Lipinski definition) is 1. The van der Waals surface area contributed by atoms with Crippen LogP contribution in [-0.4, -0.2) is 54.7 Å². The second-order valence-electron chi connectivity index (χ2n) is 3.93. The van der Waals surface area contributed by atoms with Crippen LogP contribution in [0.5, 0.6) is 0 Å². The van der Waals surface area contributed by atoms with Crippen LogP contribution in [0, 0.1) is 5.92 Å². The number of amides is 1. The summed E-state index contributed by atoms with van der Waals surface area (Å²) in [5.41, 5.74) is 0. The zero-order chi connectivity index (χ0) is 9.84. The first-order chi connectivity index (χ1) is 6.09. The number of nitrogens with zero attached hydrogens (tertiary/aromatic N) is 2. The molecule has 1 atom stereocenters. The van der Waals surface area contributed by atoms with E-state index in [1.807, 2.05) is 0 Å². The number of rotatable bonds is 2. The van der Waals surface area contributed by atoms with Crippen molar-refractivity contribution in [2.45, 2.75) is 12.8 Å². The average molecular weight is 186 g/mol. The number of hydrogen-bond acceptors (Lipinski definition) is 2. The fourth-order valence-corrected chi connectivity index (χ4v) is 1.89. The van der Waals surface area contributed by atoms with Crippen LogP contribution in [0.15, 0.2) is 0 Å². The van der Waals surface area contributed by atoms with E-state index in [9.17, 15) is 4.79 Å². The molecule has 1 aliphatic rings. The minimum Gasteiger partial charge on any atom is -0.465 e. The van der Waals surface area contributed by atoms with Crippen molar-refractivity contribution in [3.63, 3.8) is 0 Å². The summed E-state index contributed by atoms with van der Waals surface area (Å²) in [6.07, 6.45) is 1.52. The summed E-state index contributed by atoms with van der Waals surface area (Å²) in [6, 6.07) is 0. The van der Waals surface area contributed by atoms with Gasteiger partial charge in [-0.2, -0.15) is 0 Å². The molecule has 4 nitrogen and oxygen atoms in total. The van der Waals surface area contributed by atoms with Gasteiger partial charge in [0.15, 0.2) is 0 Å². The lowest BCUT2D eigenvalue weighted by Crippen LogP contribution is -2.39. The summed E-state index contributed by atoms with van der Waals surface area (Å²) >= 11 is 0. The van der Waals surface area contributed by atoms with E-state index in [-0.39, 0.29) is 0 Å². The van der Waals surface area contributed by atoms with Gasteiger partial charge in [-0.3, -0.25) is 0 Å². The predicted octanol–water partition coefficient (Wildman–Crippen LogP) is 0.938. The molecule has 0 bridgehead atoms. The largest absolute Gasteiger partial charge is 0.465 e. The van der Waals surface area contributed by atoms with Crippen LogP contribution in [0.2, 0.25) is 0 Å². The van der Waals surface area contributed by atoms with Gasteiger partial charge in [0.25, 0.3) is 0 Å². The monoisotopic (exact) mass is 186 g/mol. The molecule has 1 unspecified atom stereocenters.